The zero-order valence-electron chi connectivity index (χ0n) is 38.2. The van der Waals surface area contributed by atoms with Crippen LogP contribution in [0.5, 0.6) is 0 Å². The van der Waals surface area contributed by atoms with Crippen molar-refractivity contribution in [3.63, 3.8) is 0 Å². The minimum atomic E-state index is -3.39. The zero-order valence-corrected chi connectivity index (χ0v) is 40.6. The molecular weight excluding hydrogens is 862 g/mol. The minimum absolute atomic E-state index is 0.0666. The van der Waals surface area contributed by atoms with Crippen molar-refractivity contribution in [1.82, 2.24) is 43.2 Å². The fraction of sp³-hybridized carbons (Fsp3) is 0.644. The summed E-state index contributed by atoms with van der Waals surface area (Å²) < 4.78 is 54.6. The highest BCUT2D eigenvalue weighted by Crippen LogP contribution is 2.37. The molecule has 4 fully saturated rings. The molecule has 0 bridgehead atoms. The summed E-state index contributed by atoms with van der Waals surface area (Å²) in [7, 11) is -6.44. The van der Waals surface area contributed by atoms with Crippen LogP contribution in [0.25, 0.3) is 22.1 Å². The highest BCUT2D eigenvalue weighted by Gasteiger charge is 2.45. The number of fused-ring (bicyclic) bond motifs is 2. The summed E-state index contributed by atoms with van der Waals surface area (Å²) in [6, 6.07) is 8.51. The lowest BCUT2D eigenvalue weighted by Crippen LogP contribution is -2.64. The summed E-state index contributed by atoms with van der Waals surface area (Å²) in [6.45, 7) is 18.6. The number of piperidine rings is 2. The lowest BCUT2D eigenvalue weighted by Gasteiger charge is -2.45. The Bertz CT molecular complexity index is 2360. The number of nitrogens with one attached hydrogen (secondary N) is 2. The first kappa shape index (κ1) is 48.7. The maximum atomic E-state index is 13.1. The van der Waals surface area contributed by atoms with Gasteiger partial charge in [0.15, 0.2) is 0 Å². The number of halogens is 1. The molecule has 1 aliphatic carbocycles. The van der Waals surface area contributed by atoms with E-state index in [2.05, 4.69) is 32.1 Å². The number of amides is 3. The monoisotopic (exact) mass is 929 g/mol. The van der Waals surface area contributed by atoms with E-state index in [0.29, 0.717) is 38.0 Å². The molecule has 4 aromatic heterocycles. The third kappa shape index (κ3) is 10.9. The van der Waals surface area contributed by atoms with E-state index in [1.807, 2.05) is 84.8 Å². The van der Waals surface area contributed by atoms with E-state index in [9.17, 15) is 26.4 Å². The summed E-state index contributed by atoms with van der Waals surface area (Å²) in [5.41, 5.74) is 4.30. The molecule has 0 aromatic carbocycles. The molecule has 8 rings (SSSR count). The number of aromatic nitrogens is 4. The largest absolute Gasteiger partial charge is 0.346 e. The summed E-state index contributed by atoms with van der Waals surface area (Å²) in [5, 5.41) is 1.32. The summed E-state index contributed by atoms with van der Waals surface area (Å²) in [5.74, 6) is 0.750. The number of carbonyl (C=O) groups excluding carboxylic acids is 2. The molecule has 15 nitrogen and oxygen atoms in total. The molecule has 0 radical (unpaired) electrons. The fourth-order valence-corrected chi connectivity index (χ4v) is 13.9. The fourth-order valence-electron chi connectivity index (χ4n) is 9.55. The third-order valence-corrected chi connectivity index (χ3v) is 18.0. The van der Waals surface area contributed by atoms with Gasteiger partial charge in [-0.25, -0.2) is 40.2 Å². The van der Waals surface area contributed by atoms with Crippen LogP contribution in [0.1, 0.15) is 123 Å². The summed E-state index contributed by atoms with van der Waals surface area (Å²) >= 11 is 5.32. The van der Waals surface area contributed by atoms with Gasteiger partial charge in [0.1, 0.15) is 16.5 Å². The molecule has 63 heavy (non-hydrogen) atoms. The molecule has 0 atom stereocenters. The van der Waals surface area contributed by atoms with Crippen LogP contribution in [0.15, 0.2) is 49.1 Å². The van der Waals surface area contributed by atoms with Crippen molar-refractivity contribution in [3.8, 4) is 0 Å². The van der Waals surface area contributed by atoms with Crippen molar-refractivity contribution in [1.29, 1.82) is 0 Å². The standard InChI is InChI=1S/C22H33N5O3S.C16H21N3O2S.C7H14ClNO/c1-15(2)27(16(3)4)22(28)25-13-18(14-25)31(29,30)26-10-7-17(8-11-26)20-12-24-21-19(20)6-5-9-23-21;20-22(21,13-3-1-4-13)19-9-6-12(7-10-19)15-11-18-16-14(15)5-2-8-17-16;1-5(2)9(6(3)4)7(8)10/h5-6,9,12,15-18H,7-8,10-11,13-14H2,1-4H3,(H,23,24);2,5,8,11-13H,1,3-4,6-7,9-10H2,(H,17,18);5-6H,1-4H3. The Morgan fingerprint density at radius 3 is 1.37 bits per heavy atom. The van der Waals surface area contributed by atoms with Crippen LogP contribution in [-0.2, 0) is 20.0 Å². The Morgan fingerprint density at radius 2 is 1.03 bits per heavy atom. The number of carbonyl (C=O) groups is 2. The van der Waals surface area contributed by atoms with E-state index in [1.54, 1.807) is 30.8 Å². The maximum Gasteiger partial charge on any atom is 0.320 e. The molecule has 0 unspecified atom stereocenters. The SMILES string of the molecule is CC(C)N(C(=O)Cl)C(C)C.CC(C)N(C(=O)N1CC(S(=O)(=O)N2CCC(c3c[nH]c4ncccc34)CC2)C1)C(C)C.O=S(=O)(C1CCC1)N1CCC(c2c[nH]c3ncccc23)CC1. The van der Waals surface area contributed by atoms with E-state index >= 15 is 0 Å². The van der Waals surface area contributed by atoms with Gasteiger partial charge in [0, 0.05) is 99.0 Å². The van der Waals surface area contributed by atoms with Gasteiger partial charge in [-0.15, -0.1) is 0 Å². The Labute approximate surface area is 379 Å². The van der Waals surface area contributed by atoms with Crippen LogP contribution in [-0.4, -0.2) is 145 Å². The van der Waals surface area contributed by atoms with Crippen LogP contribution in [0.4, 0.5) is 9.59 Å². The van der Waals surface area contributed by atoms with Crippen LogP contribution in [0.2, 0.25) is 0 Å². The predicted octanol–water partition coefficient (Wildman–Crippen LogP) is 8.08. The van der Waals surface area contributed by atoms with Crippen molar-refractivity contribution in [2.45, 2.75) is 147 Å². The van der Waals surface area contributed by atoms with Gasteiger partial charge < -0.3 is 24.7 Å². The number of likely N-dealkylation sites (tertiary alicyclic amines) is 1. The first-order valence-corrected chi connectivity index (χ1v) is 26.1. The highest BCUT2D eigenvalue weighted by atomic mass is 35.5. The number of aromatic amines is 2. The third-order valence-electron chi connectivity index (χ3n) is 13.1. The molecular formula is C45H68ClN9O6S2. The molecule has 1 saturated carbocycles. The number of hydrogen-bond donors (Lipinski definition) is 2. The molecule has 18 heteroatoms. The topological polar surface area (TPSA) is 176 Å². The number of rotatable bonds is 10. The lowest BCUT2D eigenvalue weighted by atomic mass is 9.90. The molecule has 3 amide bonds. The minimum Gasteiger partial charge on any atom is -0.346 e. The second-order valence-electron chi connectivity index (χ2n) is 18.5. The molecule has 4 aromatic rings. The molecule has 2 N–H and O–H groups in total. The molecule has 3 saturated heterocycles. The lowest BCUT2D eigenvalue weighted by molar-refractivity contribution is 0.103. The first-order valence-electron chi connectivity index (χ1n) is 22.7. The first-order chi connectivity index (χ1) is 29.8. The second kappa shape index (κ2) is 20.6. The normalized spacial score (nSPS) is 18.9. The zero-order chi connectivity index (χ0) is 45.8. The van der Waals surface area contributed by atoms with Crippen LogP contribution < -0.4 is 0 Å². The van der Waals surface area contributed by atoms with Gasteiger partial charge >= 0.3 is 11.4 Å². The van der Waals surface area contributed by atoms with Crippen molar-refractivity contribution < 1.29 is 26.4 Å². The molecule has 4 aliphatic rings. The van der Waals surface area contributed by atoms with Gasteiger partial charge in [-0.05, 0) is 153 Å². The Balaban J connectivity index is 0.000000179. The molecule has 0 spiro atoms. The van der Waals surface area contributed by atoms with E-state index < -0.39 is 25.3 Å². The van der Waals surface area contributed by atoms with Gasteiger partial charge in [0.2, 0.25) is 20.0 Å². The predicted molar refractivity (Wildman–Crippen MR) is 251 cm³/mol. The van der Waals surface area contributed by atoms with Gasteiger partial charge in [-0.3, -0.25) is 4.79 Å². The average molecular weight is 931 g/mol. The number of urea groups is 1. The second-order valence-corrected chi connectivity index (χ2v) is 23.3. The summed E-state index contributed by atoms with van der Waals surface area (Å²) in [6.07, 6.45) is 13.7. The number of sulfonamides is 2. The average Bonchev–Trinajstić information content (AvgIpc) is 3.81. The Hall–Kier alpha value is -3.77. The van der Waals surface area contributed by atoms with Gasteiger partial charge in [-0.1, -0.05) is 6.42 Å². The molecule has 3 aliphatic heterocycles. The van der Waals surface area contributed by atoms with Crippen molar-refractivity contribution in [2.24, 2.45) is 0 Å². The Morgan fingerprint density at radius 1 is 0.635 bits per heavy atom. The number of hydrogen-bond acceptors (Lipinski definition) is 8. The van der Waals surface area contributed by atoms with Gasteiger partial charge in [-0.2, -0.15) is 0 Å². The highest BCUT2D eigenvalue weighted by molar-refractivity contribution is 7.90. The van der Waals surface area contributed by atoms with Crippen molar-refractivity contribution >= 4 is 65.1 Å². The maximum absolute atomic E-state index is 13.1. The number of H-pyrrole nitrogens is 2. The smallest absolute Gasteiger partial charge is 0.320 e. The quantitative estimate of drug-likeness (QED) is 0.119. The van der Waals surface area contributed by atoms with Crippen LogP contribution >= 0.6 is 11.6 Å². The summed E-state index contributed by atoms with van der Waals surface area (Å²) in [4.78, 5) is 43.7. The van der Waals surface area contributed by atoms with Gasteiger partial charge in [0.25, 0.3) is 0 Å². The van der Waals surface area contributed by atoms with E-state index in [0.717, 1.165) is 61.6 Å². The van der Waals surface area contributed by atoms with Crippen molar-refractivity contribution in [3.05, 3.63) is 60.2 Å². The molecule has 7 heterocycles. The van der Waals surface area contributed by atoms with Crippen molar-refractivity contribution in [2.75, 3.05) is 39.3 Å². The molecule has 348 valence electrons. The van der Waals surface area contributed by atoms with Crippen LogP contribution in [0, 0.1) is 0 Å². The van der Waals surface area contributed by atoms with E-state index in [1.165, 1.54) is 16.5 Å². The van der Waals surface area contributed by atoms with Gasteiger partial charge in [0.05, 0.1) is 5.25 Å². The van der Waals surface area contributed by atoms with E-state index in [-0.39, 0.29) is 53.9 Å². The van der Waals surface area contributed by atoms with Crippen LogP contribution in [0.3, 0.4) is 0 Å². The van der Waals surface area contributed by atoms with E-state index in [4.69, 9.17) is 11.6 Å². The number of pyridine rings is 2. The number of nitrogens with zero attached hydrogens (tertiary/aromatic N) is 7. The Kier molecular flexibility index (Phi) is 15.9.